The second kappa shape index (κ2) is 8.52. The van der Waals surface area contributed by atoms with Crippen LogP contribution in [0.4, 0.5) is 0 Å². The summed E-state index contributed by atoms with van der Waals surface area (Å²) in [6.45, 7) is 4.43. The van der Waals surface area contributed by atoms with Crippen molar-refractivity contribution in [3.63, 3.8) is 0 Å². The average Bonchev–Trinajstić information content (AvgIpc) is 2.47. The van der Waals surface area contributed by atoms with Crippen molar-refractivity contribution >= 4 is 11.5 Å². The van der Waals surface area contributed by atoms with Crippen molar-refractivity contribution in [1.29, 1.82) is 0 Å². The van der Waals surface area contributed by atoms with Gasteiger partial charge < -0.3 is 4.74 Å². The molecule has 2 nitrogen and oxygen atoms in total. The summed E-state index contributed by atoms with van der Waals surface area (Å²) in [6.07, 6.45) is 5.63. The van der Waals surface area contributed by atoms with Gasteiger partial charge >= 0.3 is 5.97 Å². The molecule has 0 heterocycles. The molecule has 0 aliphatic rings. The number of carbonyl (C=O) groups is 1. The van der Waals surface area contributed by atoms with Gasteiger partial charge in [0.15, 0.2) is 0 Å². The van der Waals surface area contributed by atoms with Gasteiger partial charge in [0.1, 0.15) is 0 Å². The Morgan fingerprint density at radius 3 is 2.37 bits per heavy atom. The summed E-state index contributed by atoms with van der Waals surface area (Å²) in [5.41, 5.74) is 2.62. The molecule has 1 rings (SSSR count). The third kappa shape index (κ3) is 4.90. The van der Waals surface area contributed by atoms with Crippen molar-refractivity contribution in [1.82, 2.24) is 0 Å². The third-order valence-corrected chi connectivity index (χ3v) is 3.47. The van der Waals surface area contributed by atoms with Gasteiger partial charge in [-0.25, -0.2) is 0 Å². The monoisotopic (exact) mass is 260 g/mol. The predicted molar refractivity (Wildman–Crippen MR) is 79.7 cm³/mol. The first kappa shape index (κ1) is 15.5. The minimum absolute atomic E-state index is 0.145. The molecule has 0 aromatic heterocycles. The van der Waals surface area contributed by atoms with Crippen LogP contribution in [0, 0.1) is 5.92 Å². The molecular formula is C17H24O2. The Morgan fingerprint density at radius 2 is 1.84 bits per heavy atom. The summed E-state index contributed by atoms with van der Waals surface area (Å²) in [4.78, 5) is 11.2. The summed E-state index contributed by atoms with van der Waals surface area (Å²) >= 11 is 0. The van der Waals surface area contributed by atoms with Crippen LogP contribution in [0.5, 0.6) is 0 Å². The molecule has 1 aromatic carbocycles. The number of hydrogen-bond acceptors (Lipinski definition) is 2. The summed E-state index contributed by atoms with van der Waals surface area (Å²) in [7, 11) is 1.44. The van der Waals surface area contributed by atoms with Gasteiger partial charge in [0.2, 0.25) is 0 Å². The van der Waals surface area contributed by atoms with Gasteiger partial charge in [0, 0.05) is 6.42 Å². The lowest BCUT2D eigenvalue weighted by Crippen LogP contribution is -2.03. The van der Waals surface area contributed by atoms with Crippen LogP contribution in [0.15, 0.2) is 36.4 Å². The minimum atomic E-state index is -0.145. The van der Waals surface area contributed by atoms with E-state index in [4.69, 9.17) is 0 Å². The molecule has 1 aromatic rings. The lowest BCUT2D eigenvalue weighted by molar-refractivity contribution is -0.140. The lowest BCUT2D eigenvalue weighted by Gasteiger charge is -2.18. The molecule has 0 bridgehead atoms. The highest BCUT2D eigenvalue weighted by atomic mass is 16.5. The number of carbonyl (C=O) groups excluding carboxylic acids is 1. The predicted octanol–water partition coefficient (Wildman–Crippen LogP) is 4.46. The van der Waals surface area contributed by atoms with Crippen molar-refractivity contribution in [3.05, 3.63) is 42.0 Å². The largest absolute Gasteiger partial charge is 0.469 e. The number of rotatable bonds is 7. The van der Waals surface area contributed by atoms with Crippen LogP contribution in [0.3, 0.4) is 0 Å². The van der Waals surface area contributed by atoms with E-state index >= 15 is 0 Å². The Morgan fingerprint density at radius 1 is 1.21 bits per heavy atom. The van der Waals surface area contributed by atoms with Gasteiger partial charge in [-0.15, -0.1) is 0 Å². The Labute approximate surface area is 116 Å². The molecule has 0 radical (unpaired) electrons. The van der Waals surface area contributed by atoms with Crippen LogP contribution >= 0.6 is 0 Å². The standard InChI is InChI=1S/C17H24O2/c1-4-14(5-2)16(12-9-13-17(18)19-3)15-10-7-6-8-11-15/h6-8,10-12,14H,4-5,9,13H2,1-3H3/b16-12-. The molecule has 2 heteroatoms. The smallest absolute Gasteiger partial charge is 0.305 e. The second-order valence-corrected chi connectivity index (χ2v) is 4.65. The van der Waals surface area contributed by atoms with Crippen molar-refractivity contribution in [3.8, 4) is 0 Å². The van der Waals surface area contributed by atoms with Gasteiger partial charge in [-0.2, -0.15) is 0 Å². The lowest BCUT2D eigenvalue weighted by atomic mass is 9.87. The zero-order valence-corrected chi connectivity index (χ0v) is 12.2. The molecule has 0 aliphatic heterocycles. The van der Waals surface area contributed by atoms with E-state index in [0.29, 0.717) is 12.3 Å². The van der Waals surface area contributed by atoms with E-state index in [9.17, 15) is 4.79 Å². The molecular weight excluding hydrogens is 236 g/mol. The van der Waals surface area contributed by atoms with E-state index in [1.165, 1.54) is 18.2 Å². The number of allylic oxidation sites excluding steroid dienone is 2. The number of esters is 1. The minimum Gasteiger partial charge on any atom is -0.469 e. The highest BCUT2D eigenvalue weighted by Crippen LogP contribution is 2.29. The molecule has 0 unspecified atom stereocenters. The third-order valence-electron chi connectivity index (χ3n) is 3.47. The molecule has 0 atom stereocenters. The van der Waals surface area contributed by atoms with E-state index in [-0.39, 0.29) is 5.97 Å². The Bertz CT molecular complexity index is 403. The summed E-state index contributed by atoms with van der Waals surface area (Å²) < 4.78 is 4.68. The summed E-state index contributed by atoms with van der Waals surface area (Å²) in [5.74, 6) is 0.410. The maximum atomic E-state index is 11.2. The SMILES string of the molecule is CCC(CC)/C(=C/CCC(=O)OC)c1ccccc1. The van der Waals surface area contributed by atoms with Gasteiger partial charge in [0.05, 0.1) is 7.11 Å². The van der Waals surface area contributed by atoms with E-state index in [0.717, 1.165) is 19.3 Å². The fourth-order valence-corrected chi connectivity index (χ4v) is 2.33. The fraction of sp³-hybridized carbons (Fsp3) is 0.471. The van der Waals surface area contributed by atoms with Crippen molar-refractivity contribution < 1.29 is 9.53 Å². The van der Waals surface area contributed by atoms with Crippen LogP contribution in [-0.2, 0) is 9.53 Å². The van der Waals surface area contributed by atoms with Crippen molar-refractivity contribution in [2.75, 3.05) is 7.11 Å². The summed E-state index contributed by atoms with van der Waals surface area (Å²) in [5, 5.41) is 0. The molecule has 0 aliphatic carbocycles. The van der Waals surface area contributed by atoms with Crippen LogP contribution < -0.4 is 0 Å². The van der Waals surface area contributed by atoms with E-state index in [2.05, 4.69) is 48.9 Å². The first-order valence-corrected chi connectivity index (χ1v) is 7.05. The van der Waals surface area contributed by atoms with E-state index in [1.54, 1.807) is 0 Å². The highest BCUT2D eigenvalue weighted by molar-refractivity contribution is 5.71. The molecule has 0 fully saturated rings. The number of ether oxygens (including phenoxy) is 1. The molecule has 0 saturated heterocycles. The van der Waals surface area contributed by atoms with Gasteiger partial charge in [0.25, 0.3) is 0 Å². The Kier molecular flexibility index (Phi) is 6.94. The first-order chi connectivity index (χ1) is 9.22. The summed E-state index contributed by atoms with van der Waals surface area (Å²) in [6, 6.07) is 10.4. The quantitative estimate of drug-likeness (QED) is 0.677. The van der Waals surface area contributed by atoms with Crippen LogP contribution in [-0.4, -0.2) is 13.1 Å². The van der Waals surface area contributed by atoms with Crippen molar-refractivity contribution in [2.24, 2.45) is 5.92 Å². The van der Waals surface area contributed by atoms with Gasteiger partial charge in [-0.3, -0.25) is 4.79 Å². The maximum absolute atomic E-state index is 11.2. The van der Waals surface area contributed by atoms with E-state index < -0.39 is 0 Å². The fourth-order valence-electron chi connectivity index (χ4n) is 2.33. The first-order valence-electron chi connectivity index (χ1n) is 7.05. The van der Waals surface area contributed by atoms with Crippen LogP contribution in [0.2, 0.25) is 0 Å². The zero-order valence-electron chi connectivity index (χ0n) is 12.2. The maximum Gasteiger partial charge on any atom is 0.305 e. The number of methoxy groups -OCH3 is 1. The molecule has 0 spiro atoms. The molecule has 104 valence electrons. The van der Waals surface area contributed by atoms with Gasteiger partial charge in [-0.05, 0) is 36.3 Å². The van der Waals surface area contributed by atoms with Crippen LogP contribution in [0.25, 0.3) is 5.57 Å². The zero-order chi connectivity index (χ0) is 14.1. The average molecular weight is 260 g/mol. The number of benzene rings is 1. The second-order valence-electron chi connectivity index (χ2n) is 4.65. The van der Waals surface area contributed by atoms with Crippen LogP contribution in [0.1, 0.15) is 45.1 Å². The molecule has 19 heavy (non-hydrogen) atoms. The highest BCUT2D eigenvalue weighted by Gasteiger charge is 2.12. The van der Waals surface area contributed by atoms with Gasteiger partial charge in [-0.1, -0.05) is 50.3 Å². The number of hydrogen-bond donors (Lipinski definition) is 0. The van der Waals surface area contributed by atoms with Crippen molar-refractivity contribution in [2.45, 2.75) is 39.5 Å². The molecule has 0 saturated carbocycles. The molecule has 0 amide bonds. The Balaban J connectivity index is 2.86. The van der Waals surface area contributed by atoms with E-state index in [1.807, 2.05) is 6.07 Å². The normalized spacial score (nSPS) is 11.7. The topological polar surface area (TPSA) is 26.3 Å². The molecule has 0 N–H and O–H groups in total. The Hall–Kier alpha value is -1.57.